The topological polar surface area (TPSA) is 12.0 Å². The van der Waals surface area contributed by atoms with Gasteiger partial charge in [-0.05, 0) is 38.1 Å². The van der Waals surface area contributed by atoms with E-state index in [4.69, 9.17) is 0 Å². The Morgan fingerprint density at radius 3 is 2.46 bits per heavy atom. The third-order valence-corrected chi connectivity index (χ3v) is 3.42. The summed E-state index contributed by atoms with van der Waals surface area (Å²) in [7, 11) is 2.08. The Balaban J connectivity index is 2.36. The van der Waals surface area contributed by atoms with Gasteiger partial charge in [-0.15, -0.1) is 6.58 Å². The van der Waals surface area contributed by atoms with Gasteiger partial charge in [0.15, 0.2) is 0 Å². The maximum absolute atomic E-state index is 3.82. The molecule has 0 radical (unpaired) electrons. The van der Waals surface area contributed by atoms with Crippen LogP contribution in [0.4, 0.5) is 0 Å². The Hall–Kier alpha value is -0.300. The highest BCUT2D eigenvalue weighted by molar-refractivity contribution is 4.85. The van der Waals surface area contributed by atoms with E-state index in [2.05, 4.69) is 25.9 Å². The van der Waals surface area contributed by atoms with E-state index in [9.17, 15) is 0 Å². The second-order valence-corrected chi connectivity index (χ2v) is 4.44. The largest absolute Gasteiger partial charge is 0.316 e. The summed E-state index contributed by atoms with van der Waals surface area (Å²) in [5.41, 5.74) is 0. The SMILES string of the molecule is C=CCC(NC)C1CCC(C)CC1. The Morgan fingerprint density at radius 2 is 2.00 bits per heavy atom. The van der Waals surface area contributed by atoms with E-state index in [1.807, 2.05) is 6.08 Å². The normalized spacial score (nSPS) is 31.2. The first-order valence-electron chi connectivity index (χ1n) is 5.56. The number of nitrogens with one attached hydrogen (secondary N) is 1. The van der Waals surface area contributed by atoms with Crippen molar-refractivity contribution in [1.82, 2.24) is 5.32 Å². The number of hydrogen-bond donors (Lipinski definition) is 1. The van der Waals surface area contributed by atoms with Gasteiger partial charge >= 0.3 is 0 Å². The lowest BCUT2D eigenvalue weighted by Gasteiger charge is -2.32. The standard InChI is InChI=1S/C12H23N/c1-4-5-12(13-3)11-8-6-10(2)7-9-11/h4,10-13H,1,5-9H2,2-3H3. The molecule has 1 aliphatic rings. The fourth-order valence-corrected chi connectivity index (χ4v) is 2.41. The van der Waals surface area contributed by atoms with Crippen molar-refractivity contribution in [3.63, 3.8) is 0 Å². The van der Waals surface area contributed by atoms with Gasteiger partial charge in [0.1, 0.15) is 0 Å². The van der Waals surface area contributed by atoms with Gasteiger partial charge in [0, 0.05) is 6.04 Å². The van der Waals surface area contributed by atoms with Gasteiger partial charge in [-0.2, -0.15) is 0 Å². The van der Waals surface area contributed by atoms with Crippen LogP contribution in [0, 0.1) is 11.8 Å². The minimum atomic E-state index is 0.671. The van der Waals surface area contributed by atoms with Crippen LogP contribution in [0.5, 0.6) is 0 Å². The first kappa shape index (κ1) is 10.8. The van der Waals surface area contributed by atoms with Crippen molar-refractivity contribution in [2.24, 2.45) is 11.8 Å². The zero-order chi connectivity index (χ0) is 9.68. The van der Waals surface area contributed by atoms with Gasteiger partial charge in [0.2, 0.25) is 0 Å². The molecule has 1 atom stereocenters. The average Bonchev–Trinajstić information content (AvgIpc) is 2.16. The molecule has 76 valence electrons. The minimum absolute atomic E-state index is 0.671. The summed E-state index contributed by atoms with van der Waals surface area (Å²) in [6.07, 6.45) is 8.80. The molecule has 0 aliphatic heterocycles. The zero-order valence-corrected chi connectivity index (χ0v) is 9.05. The summed E-state index contributed by atoms with van der Waals surface area (Å²) in [4.78, 5) is 0. The lowest BCUT2D eigenvalue weighted by molar-refractivity contribution is 0.237. The molecule has 1 saturated carbocycles. The molecule has 1 rings (SSSR count). The van der Waals surface area contributed by atoms with E-state index in [1.165, 1.54) is 25.7 Å². The summed E-state index contributed by atoms with van der Waals surface area (Å²) in [5.74, 6) is 1.84. The van der Waals surface area contributed by atoms with Crippen LogP contribution in [0.25, 0.3) is 0 Å². The smallest absolute Gasteiger partial charge is 0.0127 e. The van der Waals surface area contributed by atoms with E-state index < -0.39 is 0 Å². The van der Waals surface area contributed by atoms with E-state index >= 15 is 0 Å². The average molecular weight is 181 g/mol. The van der Waals surface area contributed by atoms with Crippen LogP contribution in [0.3, 0.4) is 0 Å². The zero-order valence-electron chi connectivity index (χ0n) is 9.05. The minimum Gasteiger partial charge on any atom is -0.316 e. The maximum Gasteiger partial charge on any atom is 0.0127 e. The summed E-state index contributed by atoms with van der Waals surface area (Å²) < 4.78 is 0. The third kappa shape index (κ3) is 3.15. The van der Waals surface area contributed by atoms with Crippen LogP contribution >= 0.6 is 0 Å². The molecular formula is C12H23N. The fraction of sp³-hybridized carbons (Fsp3) is 0.833. The van der Waals surface area contributed by atoms with Gasteiger partial charge < -0.3 is 5.32 Å². The molecule has 0 aromatic carbocycles. The molecule has 1 heteroatoms. The highest BCUT2D eigenvalue weighted by Crippen LogP contribution is 2.31. The van der Waals surface area contributed by atoms with Crippen LogP contribution in [0.1, 0.15) is 39.0 Å². The predicted molar refractivity (Wildman–Crippen MR) is 58.8 cm³/mol. The van der Waals surface area contributed by atoms with Crippen LogP contribution in [0.2, 0.25) is 0 Å². The second kappa shape index (κ2) is 5.43. The highest BCUT2D eigenvalue weighted by Gasteiger charge is 2.23. The fourth-order valence-electron chi connectivity index (χ4n) is 2.41. The number of rotatable bonds is 4. The van der Waals surface area contributed by atoms with Gasteiger partial charge in [-0.1, -0.05) is 25.8 Å². The van der Waals surface area contributed by atoms with E-state index in [-0.39, 0.29) is 0 Å². The molecule has 0 bridgehead atoms. The second-order valence-electron chi connectivity index (χ2n) is 4.44. The lowest BCUT2D eigenvalue weighted by Crippen LogP contribution is -2.35. The van der Waals surface area contributed by atoms with Crippen LogP contribution in [-0.2, 0) is 0 Å². The van der Waals surface area contributed by atoms with Crippen LogP contribution in [-0.4, -0.2) is 13.1 Å². The molecule has 1 nitrogen and oxygen atoms in total. The monoisotopic (exact) mass is 181 g/mol. The summed E-state index contributed by atoms with van der Waals surface area (Å²) in [6, 6.07) is 0.671. The van der Waals surface area contributed by atoms with Crippen molar-refractivity contribution in [3.8, 4) is 0 Å². The molecular weight excluding hydrogens is 158 g/mol. The van der Waals surface area contributed by atoms with Gasteiger partial charge in [0.05, 0.1) is 0 Å². The third-order valence-electron chi connectivity index (χ3n) is 3.42. The molecule has 1 fully saturated rings. The van der Waals surface area contributed by atoms with E-state index in [1.54, 1.807) is 0 Å². The van der Waals surface area contributed by atoms with Crippen molar-refractivity contribution in [3.05, 3.63) is 12.7 Å². The van der Waals surface area contributed by atoms with Gasteiger partial charge in [-0.3, -0.25) is 0 Å². The van der Waals surface area contributed by atoms with Gasteiger partial charge in [-0.25, -0.2) is 0 Å². The lowest BCUT2D eigenvalue weighted by atomic mass is 9.78. The number of hydrogen-bond acceptors (Lipinski definition) is 1. The van der Waals surface area contributed by atoms with Gasteiger partial charge in [0.25, 0.3) is 0 Å². The summed E-state index contributed by atoms with van der Waals surface area (Å²) in [6.45, 7) is 6.19. The molecule has 0 heterocycles. The molecule has 1 N–H and O–H groups in total. The first-order valence-corrected chi connectivity index (χ1v) is 5.56. The molecule has 1 unspecified atom stereocenters. The Morgan fingerprint density at radius 1 is 1.38 bits per heavy atom. The van der Waals surface area contributed by atoms with E-state index in [0.29, 0.717) is 6.04 Å². The molecule has 1 aliphatic carbocycles. The maximum atomic E-state index is 3.82. The highest BCUT2D eigenvalue weighted by atomic mass is 14.9. The van der Waals surface area contributed by atoms with Crippen LogP contribution in [0.15, 0.2) is 12.7 Å². The van der Waals surface area contributed by atoms with Crippen molar-refractivity contribution in [2.75, 3.05) is 7.05 Å². The van der Waals surface area contributed by atoms with E-state index in [0.717, 1.165) is 18.3 Å². The molecule has 0 spiro atoms. The Labute approximate surface area is 82.6 Å². The summed E-state index contributed by atoms with van der Waals surface area (Å²) in [5, 5.41) is 3.42. The molecule has 0 amide bonds. The molecule has 0 aromatic heterocycles. The predicted octanol–water partition coefficient (Wildman–Crippen LogP) is 2.98. The quantitative estimate of drug-likeness (QED) is 0.657. The first-order chi connectivity index (χ1) is 6.27. The Bertz CT molecular complexity index is 145. The molecule has 0 aromatic rings. The Kier molecular flexibility index (Phi) is 4.51. The van der Waals surface area contributed by atoms with Crippen LogP contribution < -0.4 is 5.32 Å². The molecule has 13 heavy (non-hydrogen) atoms. The van der Waals surface area contributed by atoms with Crippen molar-refractivity contribution in [1.29, 1.82) is 0 Å². The van der Waals surface area contributed by atoms with Crippen molar-refractivity contribution >= 4 is 0 Å². The van der Waals surface area contributed by atoms with Crippen molar-refractivity contribution < 1.29 is 0 Å². The van der Waals surface area contributed by atoms with Crippen molar-refractivity contribution in [2.45, 2.75) is 45.1 Å². The molecule has 0 saturated heterocycles. The summed E-state index contributed by atoms with van der Waals surface area (Å²) >= 11 is 0.